The first-order valence-electron chi connectivity index (χ1n) is 29.9. The molecule has 0 saturated carbocycles. The predicted molar refractivity (Wildman–Crippen MR) is 344 cm³/mol. The molecule has 0 heterocycles. The number of hydrogen-bond donors (Lipinski definition) is 2. The largest absolute Gasteiger partial charge is 0.481 e. The summed E-state index contributed by atoms with van der Waals surface area (Å²) in [6, 6.07) is 0. The zero-order chi connectivity index (χ0) is 76.1. The van der Waals surface area contributed by atoms with E-state index in [-0.39, 0.29) is 13.0 Å². The van der Waals surface area contributed by atoms with E-state index >= 15 is 0 Å². The fraction of sp³-hybridized carbons (Fsp3) is 0.655. The van der Waals surface area contributed by atoms with Gasteiger partial charge in [0.05, 0.1) is 124 Å². The van der Waals surface area contributed by atoms with Crippen molar-refractivity contribution in [2.45, 2.75) is 12.8 Å². The molecule has 0 aromatic rings. The summed E-state index contributed by atoms with van der Waals surface area (Å²) in [5, 5.41) is 8.78. The van der Waals surface area contributed by atoms with Crippen molar-refractivity contribution in [3.05, 3.63) is 0 Å². The fourth-order valence-electron chi connectivity index (χ4n) is 7.73. The average Bonchev–Trinajstić information content (AvgIpc) is 1.05. The van der Waals surface area contributed by atoms with Crippen LogP contribution in [0.2, 0.25) is 0 Å². The highest BCUT2D eigenvalue weighted by Crippen LogP contribution is 2.05. The molecule has 0 saturated heterocycles. The SMILES string of the molecule is CN(CC(N)=O)C(=O)CN(C)C(=O)CN(C)C(=O)CN(C)C(=O)CN(C)C(=O)CN(C)C(=O)CN(C)C(=O)CN(C)C(=O)CN(C)C(=O)CN(C)C(=O)CN(C)C(=O)CN(C)C(=O)CN(C)C(=O)CN(C)C(=O)CN(C)C(=O)CN(C)C(=O)CN(C)C(=O)CN(C)C(=O)CCC(=O)O. The van der Waals surface area contributed by atoms with Gasteiger partial charge in [0.2, 0.25) is 112 Å². The van der Waals surface area contributed by atoms with Crippen LogP contribution < -0.4 is 5.73 Å². The van der Waals surface area contributed by atoms with Crippen molar-refractivity contribution in [3.8, 4) is 0 Å². The third kappa shape index (κ3) is 31.8. The molecule has 0 bridgehead atoms. The normalized spacial score (nSPS) is 10.4. The van der Waals surface area contributed by atoms with Crippen LogP contribution in [0.25, 0.3) is 0 Å². The van der Waals surface area contributed by atoms with Crippen LogP contribution in [0.1, 0.15) is 12.8 Å². The van der Waals surface area contributed by atoms with Gasteiger partial charge in [0.15, 0.2) is 0 Å². The third-order valence-corrected chi connectivity index (χ3v) is 14.9. The molecule has 0 aromatic heterocycles. The first-order chi connectivity index (χ1) is 45.1. The van der Waals surface area contributed by atoms with Crippen molar-refractivity contribution in [1.82, 2.24) is 88.2 Å². The number of nitrogens with two attached hydrogens (primary N) is 1. The van der Waals surface area contributed by atoms with E-state index in [2.05, 4.69) is 0 Å². The number of primary amides is 1. The molecule has 0 spiro atoms. The number of carboxylic acids is 1. The Labute approximate surface area is 569 Å². The number of amides is 19. The maximum atomic E-state index is 13.1. The lowest BCUT2D eigenvalue weighted by molar-refractivity contribution is -0.147. The summed E-state index contributed by atoms with van der Waals surface area (Å²) in [5.41, 5.74) is 5.09. The average molecular weight is 1400 g/mol. The molecule has 0 aliphatic rings. The highest BCUT2D eigenvalue weighted by Gasteiger charge is 2.30. The van der Waals surface area contributed by atoms with Gasteiger partial charge < -0.3 is 99.0 Å². The van der Waals surface area contributed by atoms with Gasteiger partial charge in [-0.2, -0.15) is 0 Å². The lowest BCUT2D eigenvalue weighted by Gasteiger charge is -2.28. The molecule has 40 nitrogen and oxygen atoms in total. The van der Waals surface area contributed by atoms with Gasteiger partial charge >= 0.3 is 5.97 Å². The number of rotatable bonds is 39. The number of carbonyl (C=O) groups is 20. The van der Waals surface area contributed by atoms with E-state index in [0.29, 0.717) is 0 Å². The Hall–Kier alpha value is -10.6. The molecule has 19 amide bonds. The summed E-state index contributed by atoms with van der Waals surface area (Å²) in [5.74, 6) is -13.9. The van der Waals surface area contributed by atoms with Crippen LogP contribution in [0.4, 0.5) is 0 Å². The van der Waals surface area contributed by atoms with Crippen molar-refractivity contribution in [2.24, 2.45) is 5.73 Å². The van der Waals surface area contributed by atoms with E-state index in [9.17, 15) is 95.9 Å². The summed E-state index contributed by atoms with van der Waals surface area (Å²) in [6.07, 6.45) is -0.742. The number of likely N-dealkylation sites (N-methyl/N-ethyl adjacent to an activating group) is 18. The number of nitrogens with zero attached hydrogens (tertiary/aromatic N) is 18. The van der Waals surface area contributed by atoms with E-state index in [1.807, 2.05) is 0 Å². The number of carbonyl (C=O) groups excluding carboxylic acids is 19. The van der Waals surface area contributed by atoms with Gasteiger partial charge in [-0.25, -0.2) is 0 Å². The molecule has 0 unspecified atom stereocenters. The van der Waals surface area contributed by atoms with E-state index < -0.39 is 236 Å². The lowest BCUT2D eigenvalue weighted by atomic mass is 10.3. The van der Waals surface area contributed by atoms with Gasteiger partial charge in [0, 0.05) is 133 Å². The molecule has 98 heavy (non-hydrogen) atoms. The highest BCUT2D eigenvalue weighted by atomic mass is 16.4. The molecule has 40 heteroatoms. The van der Waals surface area contributed by atoms with E-state index in [1.54, 1.807) is 0 Å². The molecule has 0 aliphatic carbocycles. The van der Waals surface area contributed by atoms with Crippen LogP contribution in [-0.4, -0.2) is 456 Å². The zero-order valence-corrected chi connectivity index (χ0v) is 59.4. The summed E-state index contributed by atoms with van der Waals surface area (Å²) in [7, 11) is 23.2. The minimum absolute atomic E-state index is 0.320. The quantitative estimate of drug-likeness (QED) is 0.0577. The van der Waals surface area contributed by atoms with Crippen molar-refractivity contribution in [1.29, 1.82) is 0 Å². The summed E-state index contributed by atoms with van der Waals surface area (Å²) >= 11 is 0. The Morgan fingerprint density at radius 1 is 0.173 bits per heavy atom. The van der Waals surface area contributed by atoms with E-state index in [0.717, 1.165) is 88.2 Å². The molecule has 0 atom stereocenters. The standard InChI is InChI=1S/C58H97N19O21/c1-60(21-39(59)78)41(80)23-62(3)43(82)25-64(5)45(84)27-66(7)47(86)29-68(9)49(88)31-70(11)51(90)33-72(13)53(92)35-74(15)55(94)37-76(17)57(96)38-77(18)56(95)36-75(16)54(93)34-73(14)52(91)32-71(12)50(89)30-69(10)48(87)28-67(8)46(85)26-65(6)44(83)24-63(4)42(81)22-61(2)40(79)19-20-58(97)98/h19-38H2,1-18H3,(H2,59,78)(H,97,98). The fourth-order valence-corrected chi connectivity index (χ4v) is 7.73. The molecule has 0 rings (SSSR count). The van der Waals surface area contributed by atoms with Crippen LogP contribution in [0, 0.1) is 0 Å². The second-order valence-corrected chi connectivity index (χ2v) is 23.9. The van der Waals surface area contributed by atoms with Gasteiger partial charge in [0.1, 0.15) is 0 Å². The Bertz CT molecular complexity index is 3000. The first kappa shape index (κ1) is 87.4. The first-order valence-corrected chi connectivity index (χ1v) is 29.9. The Balaban J connectivity index is 5.02. The molecular weight excluding hydrogens is 1300 g/mol. The maximum Gasteiger partial charge on any atom is 0.303 e. The van der Waals surface area contributed by atoms with Crippen LogP contribution in [0.3, 0.4) is 0 Å². The number of aliphatic carboxylic acids is 1. The summed E-state index contributed by atoms with van der Waals surface area (Å²) in [6.45, 7) is -8.88. The summed E-state index contributed by atoms with van der Waals surface area (Å²) in [4.78, 5) is 272. The molecule has 0 radical (unpaired) electrons. The van der Waals surface area contributed by atoms with Gasteiger partial charge in [-0.3, -0.25) is 95.9 Å². The molecule has 550 valence electrons. The number of carboxylic acid groups (broad SMARTS) is 1. The minimum Gasteiger partial charge on any atom is -0.481 e. The minimum atomic E-state index is -1.18. The summed E-state index contributed by atoms with van der Waals surface area (Å²) < 4.78 is 0. The van der Waals surface area contributed by atoms with E-state index in [4.69, 9.17) is 10.8 Å². The van der Waals surface area contributed by atoms with Crippen molar-refractivity contribution in [3.63, 3.8) is 0 Å². The van der Waals surface area contributed by atoms with Crippen LogP contribution in [0.5, 0.6) is 0 Å². The second-order valence-electron chi connectivity index (χ2n) is 23.9. The Morgan fingerprint density at radius 2 is 0.265 bits per heavy atom. The van der Waals surface area contributed by atoms with Crippen molar-refractivity contribution in [2.75, 3.05) is 245 Å². The van der Waals surface area contributed by atoms with Crippen LogP contribution in [-0.2, 0) is 95.9 Å². The highest BCUT2D eigenvalue weighted by molar-refractivity contribution is 5.97. The Morgan fingerprint density at radius 3 is 0.357 bits per heavy atom. The smallest absolute Gasteiger partial charge is 0.303 e. The van der Waals surface area contributed by atoms with E-state index in [1.165, 1.54) is 127 Å². The Kier molecular flexibility index (Phi) is 36.9. The van der Waals surface area contributed by atoms with Crippen LogP contribution >= 0.6 is 0 Å². The van der Waals surface area contributed by atoms with Crippen molar-refractivity contribution < 1.29 is 101 Å². The molecular formula is C58H97N19O21. The van der Waals surface area contributed by atoms with Gasteiger partial charge in [-0.1, -0.05) is 0 Å². The second kappa shape index (κ2) is 41.4. The zero-order valence-electron chi connectivity index (χ0n) is 59.4. The maximum absolute atomic E-state index is 13.1. The topological polar surface area (TPSA) is 446 Å². The van der Waals surface area contributed by atoms with Crippen LogP contribution in [0.15, 0.2) is 0 Å². The predicted octanol–water partition coefficient (Wildman–Crippen LogP) is -10.4. The molecule has 0 fully saturated rings. The number of hydrogen-bond acceptors (Lipinski definition) is 20. The van der Waals surface area contributed by atoms with Gasteiger partial charge in [-0.05, 0) is 0 Å². The molecule has 0 aliphatic heterocycles. The monoisotopic (exact) mass is 1400 g/mol. The van der Waals surface area contributed by atoms with Gasteiger partial charge in [-0.15, -0.1) is 0 Å². The third-order valence-electron chi connectivity index (χ3n) is 14.9. The molecule has 3 N–H and O–H groups in total. The van der Waals surface area contributed by atoms with Gasteiger partial charge in [0.25, 0.3) is 0 Å². The van der Waals surface area contributed by atoms with Crippen molar-refractivity contribution >= 4 is 118 Å². The molecule has 0 aromatic carbocycles. The lowest BCUT2D eigenvalue weighted by Crippen LogP contribution is -2.50.